The Labute approximate surface area is 211 Å². The summed E-state index contributed by atoms with van der Waals surface area (Å²) in [4.78, 5) is 48.2. The molecule has 2 fully saturated rings. The minimum atomic E-state index is -5.14. The van der Waals surface area contributed by atoms with E-state index in [2.05, 4.69) is 15.3 Å². The first kappa shape index (κ1) is 26.3. The molecule has 1 aliphatic carbocycles. The lowest BCUT2D eigenvalue weighted by Gasteiger charge is -2.33. The predicted octanol–water partition coefficient (Wildman–Crippen LogP) is 2.64. The summed E-state index contributed by atoms with van der Waals surface area (Å²) < 4.78 is 38.6. The number of amides is 3. The Morgan fingerprint density at radius 3 is 2.65 bits per heavy atom. The second-order valence-corrected chi connectivity index (χ2v) is 10.1. The summed E-state index contributed by atoms with van der Waals surface area (Å²) >= 11 is 0. The van der Waals surface area contributed by atoms with E-state index in [0.29, 0.717) is 22.9 Å². The Morgan fingerprint density at radius 2 is 2.00 bits per heavy atom. The second-order valence-electron chi connectivity index (χ2n) is 10.1. The van der Waals surface area contributed by atoms with E-state index in [1.165, 1.54) is 11.1 Å². The number of fused-ring (bicyclic) bond motifs is 2. The first-order chi connectivity index (χ1) is 17.4. The van der Waals surface area contributed by atoms with Crippen LogP contribution in [0, 0.1) is 28.6 Å². The number of pyridine rings is 2. The summed E-state index contributed by atoms with van der Waals surface area (Å²) in [5.74, 6) is -3.81. The molecule has 3 amide bonds. The smallest absolute Gasteiger partial charge is 0.336 e. The summed E-state index contributed by atoms with van der Waals surface area (Å²) in [5, 5.41) is 15.0. The fourth-order valence-corrected chi connectivity index (χ4v) is 5.44. The molecule has 2 aliphatic rings. The van der Waals surface area contributed by atoms with Crippen LogP contribution in [0.25, 0.3) is 10.9 Å². The molecular formula is C25H27F3N6O3. The molecule has 12 heteroatoms. The van der Waals surface area contributed by atoms with Crippen molar-refractivity contribution in [3.05, 3.63) is 36.3 Å². The van der Waals surface area contributed by atoms with Gasteiger partial charge in [0.25, 0.3) is 0 Å². The first-order valence-electron chi connectivity index (χ1n) is 12.0. The van der Waals surface area contributed by atoms with Crippen LogP contribution < -0.4 is 10.6 Å². The van der Waals surface area contributed by atoms with E-state index in [-0.39, 0.29) is 30.2 Å². The molecule has 3 heterocycles. The maximum atomic E-state index is 13.6. The lowest BCUT2D eigenvalue weighted by atomic mass is 9.98. The van der Waals surface area contributed by atoms with Crippen LogP contribution >= 0.6 is 0 Å². The number of halogens is 3. The zero-order chi connectivity index (χ0) is 27.1. The molecular weight excluding hydrogens is 489 g/mol. The number of piperidine rings is 1. The van der Waals surface area contributed by atoms with Gasteiger partial charge in [-0.2, -0.15) is 18.4 Å². The zero-order valence-electron chi connectivity index (χ0n) is 20.5. The number of hydrogen-bond acceptors (Lipinski definition) is 6. The van der Waals surface area contributed by atoms with E-state index in [4.69, 9.17) is 0 Å². The van der Waals surface area contributed by atoms with Gasteiger partial charge in [0, 0.05) is 36.1 Å². The van der Waals surface area contributed by atoms with E-state index in [9.17, 15) is 32.8 Å². The van der Waals surface area contributed by atoms with E-state index in [1.54, 1.807) is 36.8 Å². The van der Waals surface area contributed by atoms with Crippen LogP contribution in [0.1, 0.15) is 45.2 Å². The van der Waals surface area contributed by atoms with Gasteiger partial charge in [0.15, 0.2) is 0 Å². The van der Waals surface area contributed by atoms with Gasteiger partial charge in [0.2, 0.25) is 11.8 Å². The Kier molecular flexibility index (Phi) is 6.83. The Balaban J connectivity index is 1.59. The third kappa shape index (κ3) is 4.82. The third-order valence-electron chi connectivity index (χ3n) is 7.46. The second kappa shape index (κ2) is 9.61. The first-order valence-corrected chi connectivity index (χ1v) is 12.0. The topological polar surface area (TPSA) is 128 Å². The van der Waals surface area contributed by atoms with Gasteiger partial charge in [-0.15, -0.1) is 0 Å². The van der Waals surface area contributed by atoms with Gasteiger partial charge in [-0.3, -0.25) is 24.4 Å². The maximum absolute atomic E-state index is 13.6. The van der Waals surface area contributed by atoms with Gasteiger partial charge in [-0.25, -0.2) is 0 Å². The van der Waals surface area contributed by atoms with Crippen molar-refractivity contribution in [1.29, 1.82) is 5.26 Å². The molecule has 9 nitrogen and oxygen atoms in total. The predicted molar refractivity (Wildman–Crippen MR) is 125 cm³/mol. The molecule has 0 radical (unpaired) electrons. The lowest BCUT2D eigenvalue weighted by Crippen LogP contribution is -2.57. The highest BCUT2D eigenvalue weighted by Crippen LogP contribution is 2.65. The van der Waals surface area contributed by atoms with Gasteiger partial charge in [-0.1, -0.05) is 27.2 Å². The number of rotatable bonds is 7. The quantitative estimate of drug-likeness (QED) is 0.582. The van der Waals surface area contributed by atoms with E-state index in [1.807, 2.05) is 19.9 Å². The van der Waals surface area contributed by atoms with Crippen LogP contribution in [-0.4, -0.2) is 57.4 Å². The molecule has 4 rings (SSSR count). The number of nitrogens with zero attached hydrogens (tertiary/aromatic N) is 4. The number of carbonyl (C=O) groups excluding carboxylic acids is 3. The number of likely N-dealkylation sites (tertiary alicyclic amines) is 1. The summed E-state index contributed by atoms with van der Waals surface area (Å²) in [5.41, 5.74) is 0.614. The molecule has 2 aromatic rings. The average molecular weight is 517 g/mol. The largest absolute Gasteiger partial charge is 0.471 e. The Bertz CT molecular complexity index is 1270. The molecule has 1 saturated carbocycles. The molecule has 196 valence electrons. The molecule has 0 aromatic carbocycles. The van der Waals surface area contributed by atoms with E-state index >= 15 is 0 Å². The van der Waals surface area contributed by atoms with Gasteiger partial charge in [-0.05, 0) is 35.8 Å². The van der Waals surface area contributed by atoms with Crippen molar-refractivity contribution in [2.24, 2.45) is 17.3 Å². The molecule has 2 aromatic heterocycles. The van der Waals surface area contributed by atoms with Crippen LogP contribution in [0.5, 0.6) is 0 Å². The van der Waals surface area contributed by atoms with E-state index in [0.717, 1.165) is 0 Å². The third-order valence-corrected chi connectivity index (χ3v) is 7.46. The summed E-state index contributed by atoms with van der Waals surface area (Å²) in [6.07, 6.45) is -0.235. The number of nitriles is 1. The van der Waals surface area contributed by atoms with Gasteiger partial charge in [0.1, 0.15) is 18.1 Å². The molecule has 1 saturated heterocycles. The molecule has 2 N–H and O–H groups in total. The van der Waals surface area contributed by atoms with Crippen LogP contribution in [0.15, 0.2) is 30.7 Å². The van der Waals surface area contributed by atoms with Crippen molar-refractivity contribution in [3.8, 4) is 6.07 Å². The Morgan fingerprint density at radius 1 is 1.27 bits per heavy atom. The molecule has 0 spiro atoms. The highest BCUT2D eigenvalue weighted by Gasteiger charge is 2.69. The molecule has 1 aliphatic heterocycles. The van der Waals surface area contributed by atoms with Crippen LogP contribution in [0.3, 0.4) is 0 Å². The van der Waals surface area contributed by atoms with Gasteiger partial charge >= 0.3 is 12.1 Å². The zero-order valence-corrected chi connectivity index (χ0v) is 20.5. The average Bonchev–Trinajstić information content (AvgIpc) is 3.18. The van der Waals surface area contributed by atoms with Crippen molar-refractivity contribution in [2.75, 3.05) is 6.54 Å². The highest BCUT2D eigenvalue weighted by molar-refractivity contribution is 5.94. The Hall–Kier alpha value is -3.75. The van der Waals surface area contributed by atoms with Crippen molar-refractivity contribution in [1.82, 2.24) is 25.5 Å². The van der Waals surface area contributed by atoms with Crippen molar-refractivity contribution in [3.63, 3.8) is 0 Å². The summed E-state index contributed by atoms with van der Waals surface area (Å²) in [6, 6.07) is 2.00. The number of carbonyl (C=O) groups is 3. The molecule has 5 atom stereocenters. The highest BCUT2D eigenvalue weighted by atomic mass is 19.4. The lowest BCUT2D eigenvalue weighted by molar-refractivity contribution is -0.175. The molecule has 1 unspecified atom stereocenters. The normalized spacial score (nSPS) is 23.5. The maximum Gasteiger partial charge on any atom is 0.471 e. The van der Waals surface area contributed by atoms with Crippen molar-refractivity contribution >= 4 is 28.6 Å². The summed E-state index contributed by atoms with van der Waals surface area (Å²) in [6.45, 7) is 5.77. The van der Waals surface area contributed by atoms with Crippen LogP contribution in [0.4, 0.5) is 13.2 Å². The number of nitrogens with one attached hydrogen (secondary N) is 2. The fraction of sp³-hybridized carbons (Fsp3) is 0.520. The molecule has 0 bridgehead atoms. The minimum absolute atomic E-state index is 0.0155. The van der Waals surface area contributed by atoms with Crippen LogP contribution in [0.2, 0.25) is 0 Å². The minimum Gasteiger partial charge on any atom is -0.336 e. The van der Waals surface area contributed by atoms with Crippen molar-refractivity contribution in [2.45, 2.75) is 57.9 Å². The number of aromatic nitrogens is 2. The fourth-order valence-electron chi connectivity index (χ4n) is 5.44. The molecule has 37 heavy (non-hydrogen) atoms. The summed E-state index contributed by atoms with van der Waals surface area (Å²) in [7, 11) is 0. The monoisotopic (exact) mass is 516 g/mol. The van der Waals surface area contributed by atoms with E-state index < -0.39 is 42.0 Å². The van der Waals surface area contributed by atoms with Crippen LogP contribution in [-0.2, 0) is 14.4 Å². The van der Waals surface area contributed by atoms with Gasteiger partial charge in [0.05, 0.1) is 11.6 Å². The SMILES string of the molecule is CCC[C@H](NC(=O)C(F)(F)F)C(=O)N1C[C@H]2[C@@H]([C@H]1C(=O)NC(C#N)c1cncc3cccnc13)C2(C)C. The van der Waals surface area contributed by atoms with Gasteiger partial charge < -0.3 is 15.5 Å². The van der Waals surface area contributed by atoms with Crippen molar-refractivity contribution < 1.29 is 27.6 Å². The standard InChI is InChI=1S/C25H27F3N6O3/c1-4-6-16(33-23(37)25(26,27)28)22(36)34-12-15-18(24(15,2)3)20(34)21(35)32-17(9-29)14-11-30-10-13-7-5-8-31-19(13)14/h5,7-8,10-11,15-18,20H,4,6,12H2,1-3H3,(H,32,35)(H,33,37)/t15-,16-,17?,18-,20-/m0/s1. The number of alkyl halides is 3. The number of hydrogen-bond donors (Lipinski definition) is 2.